The fraction of sp³-hybridized carbons (Fsp3) is 0.159. The van der Waals surface area contributed by atoms with Gasteiger partial charge in [-0.3, -0.25) is 29.4 Å². The van der Waals surface area contributed by atoms with E-state index in [4.69, 9.17) is 89.7 Å². The Labute approximate surface area is 517 Å². The summed E-state index contributed by atoms with van der Waals surface area (Å²) in [6, 6.07) is 34.0. The van der Waals surface area contributed by atoms with Crippen molar-refractivity contribution >= 4 is 123 Å². The van der Waals surface area contributed by atoms with Crippen molar-refractivity contribution in [3.63, 3.8) is 0 Å². The zero-order valence-corrected chi connectivity index (χ0v) is 49.7. The molecule has 0 radical (unpaired) electrons. The number of imide groups is 1. The van der Waals surface area contributed by atoms with Crippen LogP contribution in [-0.4, -0.2) is 97.2 Å². The second-order valence-electron chi connectivity index (χ2n) is 20.8. The summed E-state index contributed by atoms with van der Waals surface area (Å²) < 4.78 is 36.7. The molecule has 3 aliphatic heterocycles. The highest BCUT2D eigenvalue weighted by Crippen LogP contribution is 2.41. The molecular formula is C63H44B2Cl4N10O8. The Hall–Kier alpha value is -9.40. The molecule has 18 nitrogen and oxygen atoms in total. The number of hydrogen-bond acceptors (Lipinski definition) is 14. The van der Waals surface area contributed by atoms with Gasteiger partial charge >= 0.3 is 20.5 Å². The number of halogens is 4. The van der Waals surface area contributed by atoms with Gasteiger partial charge < -0.3 is 37.2 Å². The van der Waals surface area contributed by atoms with E-state index in [-0.39, 0.29) is 88.1 Å². The number of fused-ring (bicyclic) bond motifs is 6. The van der Waals surface area contributed by atoms with Crippen LogP contribution in [-0.2, 0) is 0 Å². The Kier molecular flexibility index (Phi) is 14.9. The third-order valence-electron chi connectivity index (χ3n) is 15.4. The normalized spacial score (nSPS) is 14.0. The molecule has 3 aliphatic rings. The van der Waals surface area contributed by atoms with Gasteiger partial charge in [0.05, 0.1) is 93.7 Å². The van der Waals surface area contributed by atoms with Crippen molar-refractivity contribution in [2.45, 2.75) is 40.0 Å². The lowest BCUT2D eigenvalue weighted by Crippen LogP contribution is -2.45. The summed E-state index contributed by atoms with van der Waals surface area (Å²) >= 11 is 26.1. The third-order valence-corrected chi connectivity index (χ3v) is 16.8. The lowest BCUT2D eigenvalue weighted by Gasteiger charge is -2.20. The minimum atomic E-state index is -1.38. The number of aromatic nitrogens is 6. The molecule has 0 aliphatic carbocycles. The van der Waals surface area contributed by atoms with Gasteiger partial charge in [-0.15, -0.1) is 0 Å². The van der Waals surface area contributed by atoms with E-state index in [1.807, 2.05) is 26.0 Å². The number of esters is 1. The van der Waals surface area contributed by atoms with Crippen molar-refractivity contribution in [2.75, 3.05) is 26.2 Å². The molecule has 10 aromatic rings. The summed E-state index contributed by atoms with van der Waals surface area (Å²) in [7, 11) is -2.66. The van der Waals surface area contributed by atoms with Crippen molar-refractivity contribution < 1.29 is 37.7 Å². The molecule has 0 bridgehead atoms. The van der Waals surface area contributed by atoms with E-state index in [0.29, 0.717) is 80.1 Å². The fourth-order valence-electron chi connectivity index (χ4n) is 11.4. The zero-order valence-electron chi connectivity index (χ0n) is 46.6. The molecule has 0 N–H and O–H groups in total. The Morgan fingerprint density at radius 2 is 1.24 bits per heavy atom. The predicted molar refractivity (Wildman–Crippen MR) is 332 cm³/mol. The van der Waals surface area contributed by atoms with Crippen molar-refractivity contribution in [1.82, 2.24) is 38.7 Å². The van der Waals surface area contributed by atoms with Crippen molar-refractivity contribution in [3.8, 4) is 46.1 Å². The molecule has 0 spiro atoms. The molecule has 13 rings (SSSR count). The lowest BCUT2D eigenvalue weighted by atomic mass is 10.0. The number of carbonyl (C=O) groups is 3. The summed E-state index contributed by atoms with van der Waals surface area (Å²) in [5.74, 6) is -0.572. The summed E-state index contributed by atoms with van der Waals surface area (Å²) in [5, 5.41) is 14.0. The van der Waals surface area contributed by atoms with E-state index in [1.165, 1.54) is 35.5 Å². The quantitative estimate of drug-likeness (QED) is 0.0328. The molecule has 0 atom stereocenters. The SMILES string of the molecule is [C-]#[N+]/C(c1cnc2cc(Cl)c(Cl)cc2n1)=c1\c2c(C(C)C)n(B3Oc4ccccc4O3)/c(=C(/C#N)c3cnc4cc(Cl)c(Cl)cc4n3)c2c(-c2cccc(OC(=O)c3ccc4c(c3)C(=O)N(CCCN(CC)CC)C4=O)c2)n1B1Oc2ccccc2O1. The zero-order chi connectivity index (χ0) is 60.5. The average Bonchev–Trinajstić information content (AvgIpc) is 1.64. The van der Waals surface area contributed by atoms with E-state index in [2.05, 4.69) is 29.7 Å². The van der Waals surface area contributed by atoms with E-state index >= 15 is 0 Å². The Balaban J connectivity index is 1.09. The molecule has 4 aromatic heterocycles. The molecule has 0 saturated carbocycles. The maximum Gasteiger partial charge on any atom is 0.743 e. The number of hydrogen-bond donors (Lipinski definition) is 0. The minimum absolute atomic E-state index is 0.0203. The average molecular weight is 1230 g/mol. The highest BCUT2D eigenvalue weighted by Gasteiger charge is 2.45. The number of benzene rings is 6. The summed E-state index contributed by atoms with van der Waals surface area (Å²) in [5.41, 5.74) is 3.10. The highest BCUT2D eigenvalue weighted by atomic mass is 35.5. The molecular weight excluding hydrogens is 1190 g/mol. The number of carbonyl (C=O) groups excluding carboxylic acids is 3. The molecule has 87 heavy (non-hydrogen) atoms. The minimum Gasteiger partial charge on any atom is -0.503 e. The Morgan fingerprint density at radius 3 is 1.80 bits per heavy atom. The van der Waals surface area contributed by atoms with Crippen LogP contribution >= 0.6 is 46.4 Å². The van der Waals surface area contributed by atoms with Crippen LogP contribution < -0.4 is 34.1 Å². The molecule has 6 aromatic carbocycles. The van der Waals surface area contributed by atoms with Gasteiger partial charge in [-0.25, -0.2) is 14.6 Å². The van der Waals surface area contributed by atoms with Gasteiger partial charge in [0.15, 0.2) is 0 Å². The second kappa shape index (κ2) is 22.8. The molecule has 7 heterocycles. The monoisotopic (exact) mass is 1230 g/mol. The van der Waals surface area contributed by atoms with Crippen LogP contribution in [0.15, 0.2) is 128 Å². The van der Waals surface area contributed by atoms with Gasteiger partial charge in [-0.1, -0.05) is 110 Å². The van der Waals surface area contributed by atoms with Crippen molar-refractivity contribution in [1.29, 1.82) is 5.26 Å². The van der Waals surface area contributed by atoms with Gasteiger partial charge in [0.25, 0.3) is 11.8 Å². The first kappa shape index (κ1) is 56.7. The number of nitriles is 1. The van der Waals surface area contributed by atoms with Crippen LogP contribution in [0.4, 0.5) is 0 Å². The van der Waals surface area contributed by atoms with E-state index in [9.17, 15) is 26.2 Å². The van der Waals surface area contributed by atoms with Crippen molar-refractivity contribution in [3.05, 3.63) is 204 Å². The van der Waals surface area contributed by atoms with E-state index in [1.54, 1.807) is 93.9 Å². The topological polar surface area (TPSA) is 193 Å². The molecule has 24 heteroatoms. The maximum absolute atomic E-state index is 14.5. The van der Waals surface area contributed by atoms with Gasteiger partial charge in [-0.2, -0.15) is 5.26 Å². The van der Waals surface area contributed by atoms with Gasteiger partial charge in [0.2, 0.25) is 5.70 Å². The number of amides is 2. The van der Waals surface area contributed by atoms with Crippen LogP contribution in [0.3, 0.4) is 0 Å². The van der Waals surface area contributed by atoms with Crippen LogP contribution in [0.1, 0.15) is 88.2 Å². The second-order valence-corrected chi connectivity index (χ2v) is 22.5. The van der Waals surface area contributed by atoms with Gasteiger partial charge in [0, 0.05) is 34.8 Å². The first-order chi connectivity index (χ1) is 42.2. The Bertz CT molecular complexity index is 4670. The van der Waals surface area contributed by atoms with Crippen LogP contribution in [0.5, 0.6) is 28.7 Å². The largest absolute Gasteiger partial charge is 0.743 e. The third kappa shape index (κ3) is 9.89. The van der Waals surface area contributed by atoms with Crippen molar-refractivity contribution in [2.24, 2.45) is 0 Å². The highest BCUT2D eigenvalue weighted by molar-refractivity contribution is 6.49. The molecule has 0 unspecified atom stereocenters. The number of nitrogens with zero attached hydrogens (tertiary/aromatic N) is 10. The number of para-hydroxylation sites is 4. The summed E-state index contributed by atoms with van der Waals surface area (Å²) in [4.78, 5) is 69.0. The molecule has 0 saturated heterocycles. The first-order valence-electron chi connectivity index (χ1n) is 27.6. The summed E-state index contributed by atoms with van der Waals surface area (Å²) in [6.07, 6.45) is 3.50. The summed E-state index contributed by atoms with van der Waals surface area (Å²) in [6.45, 7) is 19.8. The van der Waals surface area contributed by atoms with Crippen LogP contribution in [0.2, 0.25) is 20.1 Å². The maximum atomic E-state index is 14.5. The number of rotatable bonds is 14. The molecule has 0 fully saturated rings. The Morgan fingerprint density at radius 1 is 0.690 bits per heavy atom. The van der Waals surface area contributed by atoms with Gasteiger partial charge in [0.1, 0.15) is 46.1 Å². The standard InChI is InChI=1S/C63H44B2Cl4N10O8/c1-6-76(7-2)22-13-23-77-61(80)37-21-20-35(25-38(37)62(77)81)63(82)83-36-15-12-14-34(24-36)58-55-54(60(79(58)65-86-52-18-10-11-19-53(52)87-65)56(71-5)49-32-73-45-27-41(67)43(69)29-47(45)75-49)57(33(3)4)78(64-84-50-16-8-9-17-51(50)85-64)59(55)39(30-70)48-31-72-44-26-40(66)42(68)28-46(44)74-48/h8-12,14-21,24-29,31-33H,6-7,13,22-23H2,1-4H3/b59-39-,60-56+. The predicted octanol–water partition coefficient (Wildman–Crippen LogP) is 11.7. The fourth-order valence-corrected chi connectivity index (χ4v) is 12.0. The van der Waals surface area contributed by atoms with Gasteiger partial charge in [-0.05, 0) is 111 Å². The molecule has 2 amide bonds. The van der Waals surface area contributed by atoms with E-state index < -0.39 is 38.2 Å². The van der Waals surface area contributed by atoms with Crippen LogP contribution in [0, 0.1) is 17.9 Å². The lowest BCUT2D eigenvalue weighted by molar-refractivity contribution is 0.0647. The first-order valence-corrected chi connectivity index (χ1v) is 29.2. The smallest absolute Gasteiger partial charge is 0.503 e. The number of ether oxygens (including phenoxy) is 1. The van der Waals surface area contributed by atoms with Crippen LogP contribution in [0.25, 0.3) is 60.2 Å². The molecule has 428 valence electrons. The van der Waals surface area contributed by atoms with E-state index in [0.717, 1.165) is 13.1 Å².